The van der Waals surface area contributed by atoms with Gasteiger partial charge in [0.15, 0.2) is 5.75 Å². The van der Waals surface area contributed by atoms with E-state index >= 15 is 0 Å². The van der Waals surface area contributed by atoms with Gasteiger partial charge in [0.1, 0.15) is 5.56 Å². The number of aromatic nitrogens is 1. The summed E-state index contributed by atoms with van der Waals surface area (Å²) in [6, 6.07) is 7.93. The summed E-state index contributed by atoms with van der Waals surface area (Å²) in [6.45, 7) is 4.86. The number of hydrogen-bond donors (Lipinski definition) is 1. The molecule has 1 amide bonds. The molecule has 156 valence electrons. The molecule has 1 aromatic heterocycles. The number of benzene rings is 2. The fourth-order valence-electron chi connectivity index (χ4n) is 4.00. The first-order valence-electron chi connectivity index (χ1n) is 9.42. The number of nitrogens with zero attached hydrogens (tertiary/aromatic N) is 1. The Morgan fingerprint density at radius 1 is 1.20 bits per heavy atom. The van der Waals surface area contributed by atoms with Crippen LogP contribution < -0.4 is 10.2 Å². The lowest BCUT2D eigenvalue weighted by atomic mass is 9.93. The van der Waals surface area contributed by atoms with E-state index in [0.29, 0.717) is 19.5 Å². The van der Waals surface area contributed by atoms with Crippen LogP contribution in [0.1, 0.15) is 32.6 Å². The number of hydrogen-bond acceptors (Lipinski definition) is 3. The van der Waals surface area contributed by atoms with Gasteiger partial charge >= 0.3 is 6.36 Å². The van der Waals surface area contributed by atoms with Gasteiger partial charge in [0.2, 0.25) is 5.43 Å². The Morgan fingerprint density at radius 2 is 1.97 bits per heavy atom. The highest BCUT2D eigenvalue weighted by Crippen LogP contribution is 2.29. The minimum atomic E-state index is -4.89. The maximum atomic E-state index is 13.1. The number of rotatable bonds is 2. The normalized spacial score (nSPS) is 14.0. The molecular weight excluding hydrogens is 397 g/mol. The van der Waals surface area contributed by atoms with Crippen molar-refractivity contribution in [2.24, 2.45) is 0 Å². The van der Waals surface area contributed by atoms with Crippen molar-refractivity contribution in [1.29, 1.82) is 0 Å². The van der Waals surface area contributed by atoms with Crippen LogP contribution in [-0.2, 0) is 13.0 Å². The van der Waals surface area contributed by atoms with Crippen molar-refractivity contribution in [3.05, 3.63) is 74.6 Å². The van der Waals surface area contributed by atoms with Crippen LogP contribution in [0.4, 0.5) is 13.2 Å². The van der Waals surface area contributed by atoms with E-state index in [0.717, 1.165) is 29.0 Å². The molecule has 1 aliphatic heterocycles. The van der Waals surface area contributed by atoms with Crippen LogP contribution in [0.2, 0.25) is 0 Å². The summed E-state index contributed by atoms with van der Waals surface area (Å²) in [7, 11) is 0. The number of fused-ring (bicyclic) bond motifs is 2. The molecule has 8 heteroatoms. The summed E-state index contributed by atoms with van der Waals surface area (Å²) in [5.41, 5.74) is 3.66. The maximum absolute atomic E-state index is 13.1. The van der Waals surface area contributed by atoms with Gasteiger partial charge in [0.05, 0.1) is 10.9 Å². The van der Waals surface area contributed by atoms with Gasteiger partial charge in [-0.1, -0.05) is 23.8 Å². The van der Waals surface area contributed by atoms with E-state index in [2.05, 4.69) is 21.9 Å². The molecule has 1 N–H and O–H groups in total. The number of carbonyl (C=O) groups is 1. The fourth-order valence-corrected chi connectivity index (χ4v) is 4.00. The molecule has 3 aromatic rings. The number of amides is 1. The first-order chi connectivity index (χ1) is 14.1. The monoisotopic (exact) mass is 416 g/mol. The third-order valence-electron chi connectivity index (χ3n) is 5.33. The van der Waals surface area contributed by atoms with E-state index in [-0.39, 0.29) is 16.5 Å². The molecule has 4 rings (SSSR count). The van der Waals surface area contributed by atoms with Gasteiger partial charge in [-0.05, 0) is 49.1 Å². The number of para-hydroxylation sites is 1. The van der Waals surface area contributed by atoms with Gasteiger partial charge in [-0.3, -0.25) is 9.59 Å². The molecule has 2 aromatic carbocycles. The summed E-state index contributed by atoms with van der Waals surface area (Å²) in [6.07, 6.45) is -3.05. The number of halogens is 3. The third-order valence-corrected chi connectivity index (χ3v) is 5.33. The quantitative estimate of drug-likeness (QED) is 0.680. The van der Waals surface area contributed by atoms with Gasteiger partial charge < -0.3 is 14.6 Å². The van der Waals surface area contributed by atoms with Crippen molar-refractivity contribution >= 4 is 16.8 Å². The third kappa shape index (κ3) is 3.65. The Hall–Kier alpha value is -3.29. The largest absolute Gasteiger partial charge is 0.573 e. The average Bonchev–Trinajstić information content (AvgIpc) is 2.67. The molecule has 0 bridgehead atoms. The van der Waals surface area contributed by atoms with Crippen molar-refractivity contribution in [3.63, 3.8) is 0 Å². The zero-order chi connectivity index (χ0) is 21.6. The number of alkyl halides is 3. The van der Waals surface area contributed by atoms with Gasteiger partial charge in [-0.25, -0.2) is 0 Å². The number of H-pyrrole nitrogens is 1. The highest BCUT2D eigenvalue weighted by Gasteiger charge is 2.32. The van der Waals surface area contributed by atoms with Crippen molar-refractivity contribution in [3.8, 4) is 5.75 Å². The van der Waals surface area contributed by atoms with E-state index in [4.69, 9.17) is 0 Å². The fraction of sp³-hybridized carbons (Fsp3) is 0.273. The zero-order valence-electron chi connectivity index (χ0n) is 16.4. The SMILES string of the molecule is Cc1cc(C)c2c(c1)CCN(C(=O)c1c[nH]c3c(OC(F)(F)F)cccc3c1=O)C2. The molecule has 0 spiro atoms. The first kappa shape index (κ1) is 20.0. The molecule has 0 saturated carbocycles. The Labute approximate surface area is 170 Å². The van der Waals surface area contributed by atoms with Gasteiger partial charge in [-0.2, -0.15) is 0 Å². The zero-order valence-corrected chi connectivity index (χ0v) is 16.4. The number of pyridine rings is 1. The van der Waals surface area contributed by atoms with Crippen molar-refractivity contribution in [1.82, 2.24) is 9.88 Å². The predicted octanol–water partition coefficient (Wildman–Crippen LogP) is 4.24. The molecule has 0 unspecified atom stereocenters. The van der Waals surface area contributed by atoms with E-state index in [9.17, 15) is 22.8 Å². The number of aromatic amines is 1. The van der Waals surface area contributed by atoms with Crippen LogP contribution in [0.3, 0.4) is 0 Å². The lowest BCUT2D eigenvalue weighted by molar-refractivity contribution is -0.274. The topological polar surface area (TPSA) is 62.4 Å². The molecule has 2 heterocycles. The second-order valence-electron chi connectivity index (χ2n) is 7.45. The number of carbonyl (C=O) groups excluding carboxylic acids is 1. The van der Waals surface area contributed by atoms with E-state index in [1.165, 1.54) is 17.7 Å². The summed E-state index contributed by atoms with van der Waals surface area (Å²) in [5.74, 6) is -0.972. The molecule has 1 aliphatic rings. The molecule has 0 fully saturated rings. The smallest absolute Gasteiger partial charge is 0.404 e. The van der Waals surface area contributed by atoms with Crippen LogP contribution >= 0.6 is 0 Å². The second kappa shape index (κ2) is 7.19. The summed E-state index contributed by atoms with van der Waals surface area (Å²) in [4.78, 5) is 30.2. The molecule has 5 nitrogen and oxygen atoms in total. The lowest BCUT2D eigenvalue weighted by Gasteiger charge is -2.30. The summed E-state index contributed by atoms with van der Waals surface area (Å²) >= 11 is 0. The van der Waals surface area contributed by atoms with Crippen molar-refractivity contribution in [2.45, 2.75) is 33.2 Å². The Morgan fingerprint density at radius 3 is 2.70 bits per heavy atom. The summed E-state index contributed by atoms with van der Waals surface area (Å²) in [5, 5.41) is -0.0354. The van der Waals surface area contributed by atoms with Crippen molar-refractivity contribution in [2.75, 3.05) is 6.54 Å². The minimum Gasteiger partial charge on any atom is -0.404 e. The second-order valence-corrected chi connectivity index (χ2v) is 7.45. The van der Waals surface area contributed by atoms with E-state index in [1.54, 1.807) is 4.90 Å². The minimum absolute atomic E-state index is 0.0354. The van der Waals surface area contributed by atoms with Gasteiger partial charge in [0, 0.05) is 19.3 Å². The maximum Gasteiger partial charge on any atom is 0.573 e. The van der Waals surface area contributed by atoms with Crippen molar-refractivity contribution < 1.29 is 22.7 Å². The van der Waals surface area contributed by atoms with Gasteiger partial charge in [-0.15, -0.1) is 13.2 Å². The number of ether oxygens (including phenoxy) is 1. The van der Waals surface area contributed by atoms with Gasteiger partial charge in [0.25, 0.3) is 5.91 Å². The van der Waals surface area contributed by atoms with Crippen LogP contribution in [0, 0.1) is 13.8 Å². The first-order valence-corrected chi connectivity index (χ1v) is 9.42. The highest BCUT2D eigenvalue weighted by atomic mass is 19.4. The van der Waals surface area contributed by atoms with Crippen LogP contribution in [0.25, 0.3) is 10.9 Å². The standard InChI is InChI=1S/C22H19F3N2O3/c1-12-8-13(2)17-11-27(7-6-14(17)9-12)21(29)16-10-26-19-15(20(16)28)4-3-5-18(19)30-22(23,24)25/h3-5,8-10H,6-7,11H2,1-2H3,(H,26,28). The molecule has 0 aliphatic carbocycles. The summed E-state index contributed by atoms with van der Waals surface area (Å²) < 4.78 is 41.9. The van der Waals surface area contributed by atoms with Crippen LogP contribution in [0.5, 0.6) is 5.75 Å². The molecule has 0 radical (unpaired) electrons. The van der Waals surface area contributed by atoms with E-state index < -0.39 is 23.4 Å². The van der Waals surface area contributed by atoms with E-state index in [1.807, 2.05) is 13.8 Å². The number of nitrogens with one attached hydrogen (secondary N) is 1. The highest BCUT2D eigenvalue weighted by molar-refractivity contribution is 5.98. The lowest BCUT2D eigenvalue weighted by Crippen LogP contribution is -2.38. The Kier molecular flexibility index (Phi) is 4.80. The average molecular weight is 416 g/mol. The molecule has 0 atom stereocenters. The molecular formula is C22H19F3N2O3. The molecule has 0 saturated heterocycles. The van der Waals surface area contributed by atoms with Crippen LogP contribution in [-0.4, -0.2) is 28.7 Å². The molecule has 30 heavy (non-hydrogen) atoms. The Balaban J connectivity index is 1.69. The number of aryl methyl sites for hydroxylation is 2. The predicted molar refractivity (Wildman–Crippen MR) is 106 cm³/mol. The Bertz CT molecular complexity index is 1210. The van der Waals surface area contributed by atoms with Crippen LogP contribution in [0.15, 0.2) is 41.3 Å².